The number of halogens is 2. The van der Waals surface area contributed by atoms with E-state index < -0.39 is 5.54 Å². The van der Waals surface area contributed by atoms with Crippen molar-refractivity contribution in [2.45, 2.75) is 25.9 Å². The lowest BCUT2D eigenvalue weighted by Gasteiger charge is -2.24. The third kappa shape index (κ3) is 5.23. The summed E-state index contributed by atoms with van der Waals surface area (Å²) in [5, 5.41) is 2.89. The van der Waals surface area contributed by atoms with E-state index in [1.807, 2.05) is 55.5 Å². The number of carbonyl (C=O) groups is 1. The summed E-state index contributed by atoms with van der Waals surface area (Å²) in [5.41, 5.74) is 6.87. The molecule has 130 valence electrons. The Hall–Kier alpha value is -1.56. The second-order valence-electron chi connectivity index (χ2n) is 5.47. The van der Waals surface area contributed by atoms with E-state index in [1.54, 1.807) is 6.92 Å². The number of amides is 1. The summed E-state index contributed by atoms with van der Waals surface area (Å²) in [7, 11) is 0. The van der Waals surface area contributed by atoms with Crippen LogP contribution in [0.3, 0.4) is 0 Å². The van der Waals surface area contributed by atoms with Crippen LogP contribution in [-0.4, -0.2) is 12.5 Å². The number of hydrogen-bond donors (Lipinski definition) is 2. The molecule has 0 heterocycles. The maximum atomic E-state index is 12.5. The van der Waals surface area contributed by atoms with Gasteiger partial charge in [0.05, 0.1) is 6.61 Å². The van der Waals surface area contributed by atoms with Crippen LogP contribution in [0.1, 0.15) is 25.0 Å². The number of carbonyl (C=O) groups excluding carboxylic acids is 1. The SMILES string of the molecule is CCOc1cccc(CNC(=O)C(C)(N)c2ccc(Br)cc2)c1.Cl. The van der Waals surface area contributed by atoms with Crippen molar-refractivity contribution in [3.05, 3.63) is 64.1 Å². The minimum absolute atomic E-state index is 0. The number of nitrogens with two attached hydrogens (primary N) is 1. The van der Waals surface area contributed by atoms with Gasteiger partial charge < -0.3 is 15.8 Å². The average Bonchev–Trinajstić information content (AvgIpc) is 2.53. The molecule has 0 spiro atoms. The molecule has 0 aromatic heterocycles. The molecule has 4 nitrogen and oxygen atoms in total. The van der Waals surface area contributed by atoms with Gasteiger partial charge in [0.25, 0.3) is 0 Å². The zero-order valence-electron chi connectivity index (χ0n) is 13.7. The van der Waals surface area contributed by atoms with Crippen LogP contribution in [0, 0.1) is 0 Å². The van der Waals surface area contributed by atoms with Crippen molar-refractivity contribution in [2.24, 2.45) is 5.73 Å². The van der Waals surface area contributed by atoms with Crippen LogP contribution in [0.4, 0.5) is 0 Å². The van der Waals surface area contributed by atoms with Crippen molar-refractivity contribution in [3.63, 3.8) is 0 Å². The average molecular weight is 414 g/mol. The van der Waals surface area contributed by atoms with Gasteiger partial charge in [0.1, 0.15) is 11.3 Å². The van der Waals surface area contributed by atoms with Gasteiger partial charge in [-0.1, -0.05) is 40.2 Å². The molecule has 1 unspecified atom stereocenters. The van der Waals surface area contributed by atoms with Crippen molar-refractivity contribution in [2.75, 3.05) is 6.61 Å². The zero-order chi connectivity index (χ0) is 16.9. The number of nitrogens with one attached hydrogen (secondary N) is 1. The quantitative estimate of drug-likeness (QED) is 0.758. The summed E-state index contributed by atoms with van der Waals surface area (Å²) in [6, 6.07) is 15.1. The van der Waals surface area contributed by atoms with E-state index >= 15 is 0 Å². The van der Waals surface area contributed by atoms with Gasteiger partial charge in [-0.25, -0.2) is 0 Å². The van der Waals surface area contributed by atoms with Crippen molar-refractivity contribution in [1.29, 1.82) is 0 Å². The third-order valence-corrected chi connectivity index (χ3v) is 4.11. The molecule has 0 saturated carbocycles. The first-order chi connectivity index (χ1) is 10.9. The van der Waals surface area contributed by atoms with Crippen LogP contribution in [0.15, 0.2) is 53.0 Å². The maximum absolute atomic E-state index is 12.5. The van der Waals surface area contributed by atoms with Gasteiger partial charge in [0.15, 0.2) is 0 Å². The Morgan fingerprint density at radius 3 is 2.54 bits per heavy atom. The Morgan fingerprint density at radius 2 is 1.92 bits per heavy atom. The molecule has 2 aromatic carbocycles. The number of ether oxygens (including phenoxy) is 1. The Morgan fingerprint density at radius 1 is 1.25 bits per heavy atom. The molecule has 0 saturated heterocycles. The number of benzene rings is 2. The third-order valence-electron chi connectivity index (χ3n) is 3.58. The molecule has 0 radical (unpaired) electrons. The van der Waals surface area contributed by atoms with Gasteiger partial charge in [-0.3, -0.25) is 4.79 Å². The molecule has 2 aromatic rings. The van der Waals surface area contributed by atoms with E-state index in [9.17, 15) is 4.79 Å². The van der Waals surface area contributed by atoms with Gasteiger partial charge in [0.2, 0.25) is 5.91 Å². The molecule has 3 N–H and O–H groups in total. The predicted molar refractivity (Wildman–Crippen MR) is 102 cm³/mol. The van der Waals surface area contributed by atoms with Gasteiger partial charge in [-0.2, -0.15) is 0 Å². The second kappa shape index (κ2) is 9.06. The van der Waals surface area contributed by atoms with Crippen LogP contribution >= 0.6 is 28.3 Å². The standard InChI is InChI=1S/C18H21BrN2O2.ClH/c1-3-23-16-6-4-5-13(11-16)12-21-17(22)18(2,20)14-7-9-15(19)10-8-14;/h4-11H,3,12,20H2,1-2H3,(H,21,22);1H. The summed E-state index contributed by atoms with van der Waals surface area (Å²) < 4.78 is 6.41. The lowest BCUT2D eigenvalue weighted by molar-refractivity contribution is -0.126. The number of hydrogen-bond acceptors (Lipinski definition) is 3. The first-order valence-electron chi connectivity index (χ1n) is 7.48. The van der Waals surface area contributed by atoms with Crippen molar-refractivity contribution < 1.29 is 9.53 Å². The fraction of sp³-hybridized carbons (Fsp3) is 0.278. The van der Waals surface area contributed by atoms with E-state index in [0.29, 0.717) is 13.2 Å². The van der Waals surface area contributed by atoms with Crippen molar-refractivity contribution >= 4 is 34.2 Å². The summed E-state index contributed by atoms with van der Waals surface area (Å²) in [6.07, 6.45) is 0. The fourth-order valence-electron chi connectivity index (χ4n) is 2.21. The normalized spacial score (nSPS) is 12.7. The predicted octanol–water partition coefficient (Wildman–Crippen LogP) is 3.76. The van der Waals surface area contributed by atoms with Gasteiger partial charge in [-0.15, -0.1) is 12.4 Å². The Kier molecular flexibility index (Phi) is 7.73. The summed E-state index contributed by atoms with van der Waals surface area (Å²) in [4.78, 5) is 12.5. The van der Waals surface area contributed by atoms with Gasteiger partial charge >= 0.3 is 0 Å². The van der Waals surface area contributed by atoms with Crippen molar-refractivity contribution in [1.82, 2.24) is 5.32 Å². The molecule has 24 heavy (non-hydrogen) atoms. The highest BCUT2D eigenvalue weighted by molar-refractivity contribution is 9.10. The first-order valence-corrected chi connectivity index (χ1v) is 8.27. The Bertz CT molecular complexity index is 675. The van der Waals surface area contributed by atoms with E-state index in [4.69, 9.17) is 10.5 Å². The monoisotopic (exact) mass is 412 g/mol. The largest absolute Gasteiger partial charge is 0.494 e. The maximum Gasteiger partial charge on any atom is 0.244 e. The summed E-state index contributed by atoms with van der Waals surface area (Å²) in [5.74, 6) is 0.573. The highest BCUT2D eigenvalue weighted by Crippen LogP contribution is 2.21. The van der Waals surface area contributed by atoms with E-state index in [-0.39, 0.29) is 18.3 Å². The van der Waals surface area contributed by atoms with Gasteiger partial charge in [0, 0.05) is 11.0 Å². The van der Waals surface area contributed by atoms with E-state index in [1.165, 1.54) is 0 Å². The molecular formula is C18H22BrClN2O2. The molecular weight excluding hydrogens is 392 g/mol. The molecule has 1 atom stereocenters. The molecule has 0 aliphatic rings. The minimum Gasteiger partial charge on any atom is -0.494 e. The lowest BCUT2D eigenvalue weighted by atomic mass is 9.92. The van der Waals surface area contributed by atoms with Crippen LogP contribution in [-0.2, 0) is 16.9 Å². The second-order valence-corrected chi connectivity index (χ2v) is 6.39. The fourth-order valence-corrected chi connectivity index (χ4v) is 2.47. The molecule has 1 amide bonds. The Labute approximate surface area is 157 Å². The molecule has 0 fully saturated rings. The summed E-state index contributed by atoms with van der Waals surface area (Å²) >= 11 is 3.38. The van der Waals surface area contributed by atoms with Gasteiger partial charge in [-0.05, 0) is 49.2 Å². The topological polar surface area (TPSA) is 64.3 Å². The van der Waals surface area contributed by atoms with Crippen molar-refractivity contribution in [3.8, 4) is 5.75 Å². The lowest BCUT2D eigenvalue weighted by Crippen LogP contribution is -2.48. The first kappa shape index (κ1) is 20.5. The van der Waals surface area contributed by atoms with Crippen LogP contribution in [0.25, 0.3) is 0 Å². The Balaban J connectivity index is 0.00000288. The molecule has 0 aliphatic carbocycles. The van der Waals surface area contributed by atoms with E-state index in [2.05, 4.69) is 21.2 Å². The molecule has 0 aliphatic heterocycles. The smallest absolute Gasteiger partial charge is 0.244 e. The van der Waals surface area contributed by atoms with Crippen LogP contribution in [0.5, 0.6) is 5.75 Å². The molecule has 2 rings (SSSR count). The summed E-state index contributed by atoms with van der Waals surface area (Å²) in [6.45, 7) is 4.66. The van der Waals surface area contributed by atoms with Crippen LogP contribution in [0.2, 0.25) is 0 Å². The molecule has 0 bridgehead atoms. The highest BCUT2D eigenvalue weighted by atomic mass is 79.9. The zero-order valence-corrected chi connectivity index (χ0v) is 16.1. The highest BCUT2D eigenvalue weighted by Gasteiger charge is 2.30. The number of rotatable bonds is 6. The van der Waals surface area contributed by atoms with Crippen LogP contribution < -0.4 is 15.8 Å². The molecule has 6 heteroatoms. The minimum atomic E-state index is -1.09. The van der Waals surface area contributed by atoms with E-state index in [0.717, 1.165) is 21.3 Å².